The molecule has 7 heteroatoms. The molecule has 1 aliphatic rings. The van der Waals surface area contributed by atoms with Gasteiger partial charge in [-0.3, -0.25) is 10.1 Å². The van der Waals surface area contributed by atoms with E-state index in [1.807, 2.05) is 11.0 Å². The molecule has 0 saturated carbocycles. The lowest BCUT2D eigenvalue weighted by molar-refractivity contribution is -0.404. The van der Waals surface area contributed by atoms with Crippen LogP contribution in [0, 0.1) is 16.0 Å². The highest BCUT2D eigenvalue weighted by Gasteiger charge is 2.28. The predicted molar refractivity (Wildman–Crippen MR) is 81.1 cm³/mol. The minimum Gasteiger partial charge on any atom is -0.362 e. The Hall–Kier alpha value is -1.82. The van der Waals surface area contributed by atoms with E-state index in [4.69, 9.17) is 11.6 Å². The molecule has 0 amide bonds. The molecule has 1 N–H and O–H groups in total. The summed E-state index contributed by atoms with van der Waals surface area (Å²) in [7, 11) is 0. The number of nitrogens with zero attached hydrogens (tertiary/aromatic N) is 3. The first-order valence-electron chi connectivity index (χ1n) is 6.91. The van der Waals surface area contributed by atoms with Crippen LogP contribution in [0.1, 0.15) is 25.8 Å². The largest absolute Gasteiger partial charge is 0.362 e. The molecule has 2 rings (SSSR count). The lowest BCUT2D eigenvalue weighted by Gasteiger charge is -2.17. The summed E-state index contributed by atoms with van der Waals surface area (Å²) in [6, 6.07) is 3.84. The number of nitro groups is 1. The highest BCUT2D eigenvalue weighted by atomic mass is 35.5. The van der Waals surface area contributed by atoms with Gasteiger partial charge in [0.25, 0.3) is 6.20 Å². The predicted octanol–water partition coefficient (Wildman–Crippen LogP) is 2.63. The standard InChI is InChI=1S/C14H19ClN4O2/c1-10(2)5-12-8-18(14(17-12)9-19(20)21)7-11-3-4-13(15)16-6-11/h3-4,6,9-10,12,17H,5,7-8H2,1-2H3/b14-9+/t12-/m1/s1. The van der Waals surface area contributed by atoms with Crippen LogP contribution in [0.5, 0.6) is 0 Å². The summed E-state index contributed by atoms with van der Waals surface area (Å²) in [5.74, 6) is 1.09. The van der Waals surface area contributed by atoms with Gasteiger partial charge in [0, 0.05) is 25.3 Å². The summed E-state index contributed by atoms with van der Waals surface area (Å²) in [6.07, 6.45) is 3.70. The first kappa shape index (κ1) is 15.6. The van der Waals surface area contributed by atoms with Gasteiger partial charge in [-0.25, -0.2) is 4.98 Å². The molecule has 2 heterocycles. The third-order valence-electron chi connectivity index (χ3n) is 3.28. The van der Waals surface area contributed by atoms with Crippen molar-refractivity contribution in [2.24, 2.45) is 5.92 Å². The number of nitrogens with one attached hydrogen (secondary N) is 1. The average molecular weight is 311 g/mol. The van der Waals surface area contributed by atoms with E-state index in [0.717, 1.165) is 24.7 Å². The van der Waals surface area contributed by atoms with Crippen LogP contribution in [-0.2, 0) is 6.54 Å². The summed E-state index contributed by atoms with van der Waals surface area (Å²) in [5, 5.41) is 14.4. The number of halogens is 1. The van der Waals surface area contributed by atoms with Crippen LogP contribution < -0.4 is 5.32 Å². The van der Waals surface area contributed by atoms with E-state index in [2.05, 4.69) is 24.1 Å². The van der Waals surface area contributed by atoms with Crippen molar-refractivity contribution in [3.05, 3.63) is 51.2 Å². The zero-order valence-corrected chi connectivity index (χ0v) is 12.9. The summed E-state index contributed by atoms with van der Waals surface area (Å²) in [5.41, 5.74) is 0.973. The quantitative estimate of drug-likeness (QED) is 0.514. The fraction of sp³-hybridized carbons (Fsp3) is 0.500. The van der Waals surface area contributed by atoms with Gasteiger partial charge in [0.2, 0.25) is 0 Å². The first-order chi connectivity index (χ1) is 9.94. The van der Waals surface area contributed by atoms with E-state index in [1.54, 1.807) is 12.3 Å². The molecule has 0 bridgehead atoms. The van der Waals surface area contributed by atoms with Gasteiger partial charge >= 0.3 is 0 Å². The van der Waals surface area contributed by atoms with Crippen LogP contribution in [0.25, 0.3) is 0 Å². The zero-order valence-electron chi connectivity index (χ0n) is 12.1. The van der Waals surface area contributed by atoms with Gasteiger partial charge in [-0.15, -0.1) is 0 Å². The highest BCUT2D eigenvalue weighted by molar-refractivity contribution is 6.29. The fourth-order valence-electron chi connectivity index (χ4n) is 2.50. The Labute approximate surface area is 129 Å². The van der Waals surface area contributed by atoms with Gasteiger partial charge in [0.05, 0.1) is 4.92 Å². The molecule has 1 saturated heterocycles. The minimum atomic E-state index is -0.423. The molecule has 114 valence electrons. The van der Waals surface area contributed by atoms with Crippen LogP contribution >= 0.6 is 11.6 Å². The summed E-state index contributed by atoms with van der Waals surface area (Å²) in [4.78, 5) is 16.3. The van der Waals surface area contributed by atoms with Crippen LogP contribution in [0.15, 0.2) is 30.4 Å². The molecule has 1 aliphatic heterocycles. The van der Waals surface area contributed by atoms with Crippen LogP contribution in [0.2, 0.25) is 5.15 Å². The molecular weight excluding hydrogens is 292 g/mol. The van der Waals surface area contributed by atoms with Crippen molar-refractivity contribution >= 4 is 11.6 Å². The van der Waals surface area contributed by atoms with Gasteiger partial charge in [-0.05, 0) is 24.0 Å². The maximum atomic E-state index is 10.8. The molecule has 6 nitrogen and oxygen atoms in total. The lowest BCUT2D eigenvalue weighted by atomic mass is 10.0. The normalized spacial score (nSPS) is 20.1. The van der Waals surface area contributed by atoms with Gasteiger partial charge in [0.1, 0.15) is 5.15 Å². The van der Waals surface area contributed by atoms with Crippen LogP contribution in [0.4, 0.5) is 0 Å². The summed E-state index contributed by atoms with van der Waals surface area (Å²) < 4.78 is 0. The Morgan fingerprint density at radius 1 is 1.62 bits per heavy atom. The van der Waals surface area contributed by atoms with Gasteiger partial charge in [0.15, 0.2) is 5.82 Å². The maximum Gasteiger partial charge on any atom is 0.274 e. The third kappa shape index (κ3) is 4.60. The Bertz CT molecular complexity index is 530. The summed E-state index contributed by atoms with van der Waals surface area (Å²) >= 11 is 5.77. The Morgan fingerprint density at radius 2 is 2.38 bits per heavy atom. The van der Waals surface area contributed by atoms with Crippen molar-refractivity contribution in [2.45, 2.75) is 32.9 Å². The van der Waals surface area contributed by atoms with Crippen molar-refractivity contribution in [1.82, 2.24) is 15.2 Å². The number of pyridine rings is 1. The Kier molecular flexibility index (Phi) is 5.01. The van der Waals surface area contributed by atoms with Crippen LogP contribution in [-0.4, -0.2) is 27.4 Å². The van der Waals surface area contributed by atoms with E-state index in [0.29, 0.717) is 23.4 Å². The number of rotatable bonds is 5. The van der Waals surface area contributed by atoms with E-state index in [1.165, 1.54) is 0 Å². The monoisotopic (exact) mass is 310 g/mol. The third-order valence-corrected chi connectivity index (χ3v) is 3.50. The first-order valence-corrected chi connectivity index (χ1v) is 7.29. The number of hydrogen-bond donors (Lipinski definition) is 1. The van der Waals surface area contributed by atoms with Crippen molar-refractivity contribution in [1.29, 1.82) is 0 Å². The lowest BCUT2D eigenvalue weighted by Crippen LogP contribution is -2.25. The molecule has 0 spiro atoms. The second-order valence-electron chi connectivity index (χ2n) is 5.64. The molecule has 1 atom stereocenters. The van der Waals surface area contributed by atoms with Gasteiger partial charge in [-0.1, -0.05) is 31.5 Å². The molecule has 1 fully saturated rings. The molecule has 0 radical (unpaired) electrons. The van der Waals surface area contributed by atoms with Crippen molar-refractivity contribution in [3.8, 4) is 0 Å². The summed E-state index contributed by atoms with van der Waals surface area (Å²) in [6.45, 7) is 5.61. The molecular formula is C14H19ClN4O2. The Balaban J connectivity index is 2.10. The second kappa shape index (κ2) is 6.76. The van der Waals surface area contributed by atoms with Crippen molar-refractivity contribution in [3.63, 3.8) is 0 Å². The SMILES string of the molecule is CC(C)C[C@@H]1CN(Cc2ccc(Cl)nc2)/C(=C/[N+](=O)[O-])N1. The van der Waals surface area contributed by atoms with E-state index in [-0.39, 0.29) is 6.04 Å². The average Bonchev–Trinajstić information content (AvgIpc) is 2.72. The van der Waals surface area contributed by atoms with Crippen molar-refractivity contribution < 1.29 is 4.92 Å². The number of hydrogen-bond acceptors (Lipinski definition) is 5. The van der Waals surface area contributed by atoms with Gasteiger partial charge < -0.3 is 10.2 Å². The van der Waals surface area contributed by atoms with Gasteiger partial charge in [-0.2, -0.15) is 0 Å². The Morgan fingerprint density at radius 3 is 2.95 bits per heavy atom. The van der Waals surface area contributed by atoms with E-state index >= 15 is 0 Å². The zero-order chi connectivity index (χ0) is 15.4. The molecule has 0 aromatic carbocycles. The fourth-order valence-corrected chi connectivity index (χ4v) is 2.61. The van der Waals surface area contributed by atoms with Crippen LogP contribution in [0.3, 0.4) is 0 Å². The van der Waals surface area contributed by atoms with E-state index in [9.17, 15) is 10.1 Å². The second-order valence-corrected chi connectivity index (χ2v) is 6.03. The highest BCUT2D eigenvalue weighted by Crippen LogP contribution is 2.20. The molecule has 1 aromatic rings. The molecule has 21 heavy (non-hydrogen) atoms. The minimum absolute atomic E-state index is 0.233. The topological polar surface area (TPSA) is 71.3 Å². The van der Waals surface area contributed by atoms with Crippen molar-refractivity contribution in [2.75, 3.05) is 6.54 Å². The molecule has 1 aromatic heterocycles. The van der Waals surface area contributed by atoms with E-state index < -0.39 is 4.92 Å². The number of aromatic nitrogens is 1. The maximum absolute atomic E-state index is 10.8. The molecule has 0 aliphatic carbocycles. The molecule has 0 unspecified atom stereocenters. The smallest absolute Gasteiger partial charge is 0.274 e.